The molecule has 0 radical (unpaired) electrons. The fourth-order valence-electron chi connectivity index (χ4n) is 7.87. The van der Waals surface area contributed by atoms with Crippen LogP contribution in [0.15, 0.2) is 18.6 Å². The lowest BCUT2D eigenvalue weighted by Gasteiger charge is -2.38. The van der Waals surface area contributed by atoms with Gasteiger partial charge in [0.25, 0.3) is 11.8 Å². The highest BCUT2D eigenvalue weighted by molar-refractivity contribution is 6.38. The standard InChI is InChI=1S/C36H53N7O6/c1-5-10-25(29(44)34(48)39-23-15-16-23)40-33(47)28-24-14-9-13-22(24)20-43(28)35(49)30(36(2,3)4)42-32(46)27(21-11-7-6-8-12-21)41-31(45)26-19-37-17-18-38-26/h17-19,21-25,27-28,30H,5-16,20H2,1-4H3,(H,39,48)(H,40,47)(H,41,45)(H,42,46)/t22-,24?,25-,27-,28-,30-/m0/s1. The maximum atomic E-state index is 14.6. The number of amides is 5. The number of nitrogens with one attached hydrogen (secondary N) is 4. The van der Waals surface area contributed by atoms with Crippen LogP contribution in [0.2, 0.25) is 0 Å². The molecule has 0 aromatic carbocycles. The largest absolute Gasteiger partial charge is 0.347 e. The van der Waals surface area contributed by atoms with Gasteiger partial charge in [-0.1, -0.05) is 59.8 Å². The van der Waals surface area contributed by atoms with Crippen LogP contribution in [0.4, 0.5) is 0 Å². The summed E-state index contributed by atoms with van der Waals surface area (Å²) in [4.78, 5) is 91.4. The molecule has 13 nitrogen and oxygen atoms in total. The fourth-order valence-corrected chi connectivity index (χ4v) is 7.87. The van der Waals surface area contributed by atoms with Gasteiger partial charge in [-0.15, -0.1) is 0 Å². The molecule has 0 bridgehead atoms. The molecule has 1 unspecified atom stereocenters. The smallest absolute Gasteiger partial charge is 0.289 e. The van der Waals surface area contributed by atoms with Gasteiger partial charge in [0, 0.05) is 25.0 Å². The van der Waals surface area contributed by atoms with E-state index in [0.717, 1.165) is 64.2 Å². The van der Waals surface area contributed by atoms with Crippen LogP contribution in [-0.2, 0) is 24.0 Å². The van der Waals surface area contributed by atoms with E-state index in [1.165, 1.54) is 18.6 Å². The van der Waals surface area contributed by atoms with Crippen molar-refractivity contribution >= 4 is 35.3 Å². The Balaban J connectivity index is 1.36. The van der Waals surface area contributed by atoms with Crippen molar-refractivity contribution in [3.05, 3.63) is 24.3 Å². The van der Waals surface area contributed by atoms with Gasteiger partial charge in [-0.3, -0.25) is 33.8 Å². The topological polar surface area (TPSA) is 180 Å². The van der Waals surface area contributed by atoms with Crippen LogP contribution in [0.25, 0.3) is 0 Å². The maximum absolute atomic E-state index is 14.6. The van der Waals surface area contributed by atoms with Gasteiger partial charge in [-0.2, -0.15) is 0 Å². The Morgan fingerprint density at radius 3 is 2.27 bits per heavy atom. The summed E-state index contributed by atoms with van der Waals surface area (Å²) in [5, 5.41) is 11.5. The second-order valence-corrected chi connectivity index (χ2v) is 15.5. The Labute approximate surface area is 288 Å². The van der Waals surface area contributed by atoms with Crippen molar-refractivity contribution in [1.82, 2.24) is 36.1 Å². The summed E-state index contributed by atoms with van der Waals surface area (Å²) < 4.78 is 0. The number of fused-ring (bicyclic) bond motifs is 1. The highest BCUT2D eigenvalue weighted by Gasteiger charge is 2.52. The number of hydrogen-bond acceptors (Lipinski definition) is 8. The highest BCUT2D eigenvalue weighted by Crippen LogP contribution is 2.43. The third-order valence-corrected chi connectivity index (χ3v) is 10.7. The number of carbonyl (C=O) groups excluding carboxylic acids is 6. The van der Waals surface area contributed by atoms with E-state index < -0.39 is 59.0 Å². The molecule has 3 saturated carbocycles. The fraction of sp³-hybridized carbons (Fsp3) is 0.722. The van der Waals surface area contributed by atoms with E-state index in [-0.39, 0.29) is 35.4 Å². The Morgan fingerprint density at radius 1 is 0.898 bits per heavy atom. The summed E-state index contributed by atoms with van der Waals surface area (Å²) in [5.41, 5.74) is -0.638. The van der Waals surface area contributed by atoms with Crippen LogP contribution in [0.5, 0.6) is 0 Å². The zero-order valence-electron chi connectivity index (χ0n) is 29.3. The Bertz CT molecular complexity index is 1390. The van der Waals surface area contributed by atoms with E-state index in [0.29, 0.717) is 19.4 Å². The Hall–Kier alpha value is -3.90. The average Bonchev–Trinajstić information content (AvgIpc) is 3.65. The maximum Gasteiger partial charge on any atom is 0.289 e. The first-order valence-electron chi connectivity index (χ1n) is 18.2. The molecule has 1 aromatic rings. The second-order valence-electron chi connectivity index (χ2n) is 15.5. The van der Waals surface area contributed by atoms with Gasteiger partial charge in [0.15, 0.2) is 0 Å². The summed E-state index contributed by atoms with van der Waals surface area (Å²) in [7, 11) is 0. The van der Waals surface area contributed by atoms with Gasteiger partial charge in [-0.25, -0.2) is 4.98 Å². The number of rotatable bonds is 13. The van der Waals surface area contributed by atoms with Crippen molar-refractivity contribution in [3.8, 4) is 0 Å². The van der Waals surface area contributed by atoms with Gasteiger partial charge >= 0.3 is 0 Å². The molecule has 4 aliphatic rings. The molecule has 0 spiro atoms. The molecule has 3 aliphatic carbocycles. The minimum Gasteiger partial charge on any atom is -0.347 e. The van der Waals surface area contributed by atoms with Crippen molar-refractivity contribution in [2.45, 2.75) is 135 Å². The first kappa shape index (κ1) is 36.4. The van der Waals surface area contributed by atoms with Crippen molar-refractivity contribution in [1.29, 1.82) is 0 Å². The normalized spacial score (nSPS) is 24.2. The molecule has 5 rings (SSSR count). The van der Waals surface area contributed by atoms with Crippen molar-refractivity contribution in [3.63, 3.8) is 0 Å². The minimum atomic E-state index is -0.994. The zero-order valence-corrected chi connectivity index (χ0v) is 29.3. The van der Waals surface area contributed by atoms with Crippen molar-refractivity contribution in [2.75, 3.05) is 6.54 Å². The Morgan fingerprint density at radius 2 is 1.63 bits per heavy atom. The molecule has 49 heavy (non-hydrogen) atoms. The van der Waals surface area contributed by atoms with E-state index in [2.05, 4.69) is 31.2 Å². The van der Waals surface area contributed by atoms with E-state index in [1.807, 2.05) is 27.7 Å². The average molecular weight is 680 g/mol. The number of likely N-dealkylation sites (tertiary alicyclic amines) is 1. The van der Waals surface area contributed by atoms with Gasteiger partial charge < -0.3 is 26.2 Å². The van der Waals surface area contributed by atoms with Crippen LogP contribution in [0.1, 0.15) is 115 Å². The minimum absolute atomic E-state index is 0.0132. The molecular weight excluding hydrogens is 626 g/mol. The predicted molar refractivity (Wildman–Crippen MR) is 181 cm³/mol. The van der Waals surface area contributed by atoms with Gasteiger partial charge in [-0.05, 0) is 68.1 Å². The molecule has 4 N–H and O–H groups in total. The van der Waals surface area contributed by atoms with Crippen LogP contribution in [-0.4, -0.2) is 86.9 Å². The molecule has 1 aliphatic heterocycles. The number of aromatic nitrogens is 2. The molecule has 1 aromatic heterocycles. The monoisotopic (exact) mass is 679 g/mol. The van der Waals surface area contributed by atoms with Gasteiger partial charge in [0.1, 0.15) is 23.8 Å². The molecule has 1 saturated heterocycles. The quantitative estimate of drug-likeness (QED) is 0.230. The second kappa shape index (κ2) is 15.8. The zero-order chi connectivity index (χ0) is 35.3. The molecule has 6 atom stereocenters. The molecular formula is C36H53N7O6. The molecule has 268 valence electrons. The van der Waals surface area contributed by atoms with Gasteiger partial charge in [0.2, 0.25) is 23.5 Å². The molecule has 2 heterocycles. The summed E-state index contributed by atoms with van der Waals surface area (Å²) in [5.74, 6) is -3.20. The van der Waals surface area contributed by atoms with E-state index in [9.17, 15) is 28.8 Å². The summed E-state index contributed by atoms with van der Waals surface area (Å²) >= 11 is 0. The number of carbonyl (C=O) groups is 6. The molecule has 5 amide bonds. The summed E-state index contributed by atoms with van der Waals surface area (Å²) in [6.07, 6.45) is 13.9. The predicted octanol–water partition coefficient (Wildman–Crippen LogP) is 2.45. The molecule has 4 fully saturated rings. The van der Waals surface area contributed by atoms with Crippen LogP contribution < -0.4 is 21.3 Å². The summed E-state index contributed by atoms with van der Waals surface area (Å²) in [6, 6.07) is -3.68. The Kier molecular flexibility index (Phi) is 11.7. The first-order chi connectivity index (χ1) is 23.4. The van der Waals surface area contributed by atoms with E-state index >= 15 is 0 Å². The van der Waals surface area contributed by atoms with Crippen LogP contribution in [0, 0.1) is 23.2 Å². The van der Waals surface area contributed by atoms with Crippen molar-refractivity contribution in [2.24, 2.45) is 23.2 Å². The number of hydrogen-bond donors (Lipinski definition) is 4. The SMILES string of the molecule is CCC[C@H](NC(=O)[C@@H]1C2CCC[C@H]2CN1C(=O)[C@H](NC(=O)[C@@H](NC(=O)c1cnccn1)C1CCCCC1)C(C)(C)C)C(=O)C(=O)NC1CC1. The lowest BCUT2D eigenvalue weighted by atomic mass is 9.82. The third kappa shape index (κ3) is 8.83. The lowest BCUT2D eigenvalue weighted by molar-refractivity contribution is -0.146. The number of Topliss-reactive ketones (excluding diaryl/α,β-unsaturated/α-hetero) is 1. The van der Waals surface area contributed by atoms with Crippen LogP contribution >= 0.6 is 0 Å². The van der Waals surface area contributed by atoms with E-state index in [4.69, 9.17) is 0 Å². The van der Waals surface area contributed by atoms with Crippen molar-refractivity contribution < 1.29 is 28.8 Å². The lowest BCUT2D eigenvalue weighted by Crippen LogP contribution is -2.62. The number of ketones is 1. The first-order valence-corrected chi connectivity index (χ1v) is 18.2. The van der Waals surface area contributed by atoms with Gasteiger partial charge in [0.05, 0.1) is 12.2 Å². The number of nitrogens with zero attached hydrogens (tertiary/aromatic N) is 3. The van der Waals surface area contributed by atoms with Crippen LogP contribution in [0.3, 0.4) is 0 Å². The molecule has 13 heteroatoms. The summed E-state index contributed by atoms with van der Waals surface area (Å²) in [6.45, 7) is 7.85. The highest BCUT2D eigenvalue weighted by atomic mass is 16.2. The van der Waals surface area contributed by atoms with E-state index in [1.54, 1.807) is 4.90 Å². The third-order valence-electron chi connectivity index (χ3n) is 10.7.